The summed E-state index contributed by atoms with van der Waals surface area (Å²) in [6.45, 7) is -0.495. The number of rotatable bonds is 3. The highest BCUT2D eigenvalue weighted by molar-refractivity contribution is 6.39. The molecule has 0 unspecified atom stereocenters. The van der Waals surface area contributed by atoms with Crippen molar-refractivity contribution in [2.24, 2.45) is 0 Å². The fourth-order valence-electron chi connectivity index (χ4n) is 1.07. The van der Waals surface area contributed by atoms with Crippen LogP contribution >= 0.6 is 23.2 Å². The number of carboxylic acid groups (broad SMARTS) is 1. The Kier molecular flexibility index (Phi) is 4.11. The molecule has 17 heavy (non-hydrogen) atoms. The minimum absolute atomic E-state index is 0.0382. The van der Waals surface area contributed by atoms with Crippen molar-refractivity contribution in [2.75, 3.05) is 11.9 Å². The van der Waals surface area contributed by atoms with Crippen LogP contribution in [-0.4, -0.2) is 17.6 Å². The zero-order chi connectivity index (χ0) is 13.2. The Balaban J connectivity index is 3.07. The lowest BCUT2D eigenvalue weighted by atomic mass is 10.2. The third-order valence-electron chi connectivity index (χ3n) is 1.79. The number of halogens is 5. The molecule has 0 bridgehead atoms. The molecule has 94 valence electrons. The van der Waals surface area contributed by atoms with Crippen LogP contribution in [0.4, 0.5) is 18.9 Å². The largest absolute Gasteiger partial charge is 0.480 e. The second-order valence-electron chi connectivity index (χ2n) is 3.06. The van der Waals surface area contributed by atoms with Gasteiger partial charge < -0.3 is 10.4 Å². The topological polar surface area (TPSA) is 49.3 Å². The van der Waals surface area contributed by atoms with Gasteiger partial charge in [0, 0.05) is 0 Å². The van der Waals surface area contributed by atoms with Crippen LogP contribution in [0.5, 0.6) is 0 Å². The van der Waals surface area contributed by atoms with Crippen LogP contribution in [0.2, 0.25) is 10.0 Å². The summed E-state index contributed by atoms with van der Waals surface area (Å²) in [6.07, 6.45) is -4.56. The number of hydrogen-bond acceptors (Lipinski definition) is 2. The number of carboxylic acids is 1. The molecule has 0 aliphatic heterocycles. The Morgan fingerprint density at radius 2 is 1.76 bits per heavy atom. The van der Waals surface area contributed by atoms with Crippen molar-refractivity contribution < 1.29 is 23.1 Å². The Bertz CT molecular complexity index is 425. The van der Waals surface area contributed by atoms with Crippen LogP contribution in [0.3, 0.4) is 0 Å². The SMILES string of the molecule is O=C(O)CNc1c(Cl)cc(C(F)(F)F)cc1Cl. The molecule has 0 aromatic heterocycles. The lowest BCUT2D eigenvalue weighted by molar-refractivity contribution is -0.137. The molecule has 0 atom stereocenters. The molecule has 0 aliphatic rings. The quantitative estimate of drug-likeness (QED) is 0.894. The lowest BCUT2D eigenvalue weighted by Gasteiger charge is -2.12. The number of carbonyl (C=O) groups is 1. The number of aliphatic carboxylic acids is 1. The van der Waals surface area contributed by atoms with Gasteiger partial charge in [0.1, 0.15) is 6.54 Å². The van der Waals surface area contributed by atoms with Gasteiger partial charge in [-0.25, -0.2) is 0 Å². The van der Waals surface area contributed by atoms with E-state index >= 15 is 0 Å². The van der Waals surface area contributed by atoms with Crippen LogP contribution in [0.25, 0.3) is 0 Å². The monoisotopic (exact) mass is 287 g/mol. The van der Waals surface area contributed by atoms with E-state index in [4.69, 9.17) is 28.3 Å². The molecule has 0 radical (unpaired) electrons. The summed E-state index contributed by atoms with van der Waals surface area (Å²) < 4.78 is 37.1. The summed E-state index contributed by atoms with van der Waals surface area (Å²) in [5.41, 5.74) is -1.03. The van der Waals surface area contributed by atoms with Crippen molar-refractivity contribution in [3.8, 4) is 0 Å². The Hall–Kier alpha value is -1.14. The molecule has 0 heterocycles. The summed E-state index contributed by atoms with van der Waals surface area (Å²) in [5, 5.41) is 10.2. The molecular weight excluding hydrogens is 282 g/mol. The molecule has 0 spiro atoms. The predicted octanol–water partition coefficient (Wildman–Crippen LogP) is 3.51. The van der Waals surface area contributed by atoms with Gasteiger partial charge in [-0.05, 0) is 12.1 Å². The molecule has 0 saturated heterocycles. The van der Waals surface area contributed by atoms with Gasteiger partial charge in [0.05, 0.1) is 21.3 Å². The van der Waals surface area contributed by atoms with Crippen LogP contribution in [0.15, 0.2) is 12.1 Å². The summed E-state index contributed by atoms with van der Waals surface area (Å²) in [7, 11) is 0. The van der Waals surface area contributed by atoms with E-state index in [1.165, 1.54) is 0 Å². The standard InChI is InChI=1S/C9H6Cl2F3NO2/c10-5-1-4(9(12,13)14)2-6(11)8(5)15-3-7(16)17/h1-2,15H,3H2,(H,16,17). The molecule has 3 nitrogen and oxygen atoms in total. The summed E-state index contributed by atoms with van der Waals surface area (Å²) in [5.74, 6) is -1.18. The maximum absolute atomic E-state index is 12.4. The second kappa shape index (κ2) is 5.01. The molecule has 1 rings (SSSR count). The molecular formula is C9H6Cl2F3NO2. The minimum Gasteiger partial charge on any atom is -0.480 e. The van der Waals surface area contributed by atoms with E-state index in [9.17, 15) is 18.0 Å². The molecule has 1 aromatic carbocycles. The molecule has 2 N–H and O–H groups in total. The van der Waals surface area contributed by atoms with E-state index in [0.717, 1.165) is 0 Å². The highest BCUT2D eigenvalue weighted by Crippen LogP contribution is 2.38. The Labute approximate surface area is 104 Å². The summed E-state index contributed by atoms with van der Waals surface area (Å²) in [4.78, 5) is 10.3. The molecule has 0 saturated carbocycles. The third-order valence-corrected chi connectivity index (χ3v) is 2.38. The van der Waals surface area contributed by atoms with Crippen molar-refractivity contribution in [3.05, 3.63) is 27.7 Å². The molecule has 0 fully saturated rings. The molecule has 1 aromatic rings. The maximum atomic E-state index is 12.4. The van der Waals surface area contributed by atoms with E-state index < -0.39 is 24.3 Å². The van der Waals surface area contributed by atoms with Gasteiger partial charge in [-0.3, -0.25) is 4.79 Å². The number of anilines is 1. The van der Waals surface area contributed by atoms with Crippen molar-refractivity contribution in [1.82, 2.24) is 0 Å². The van der Waals surface area contributed by atoms with E-state index in [-0.39, 0.29) is 15.7 Å². The first-order chi connectivity index (χ1) is 7.71. The zero-order valence-corrected chi connectivity index (χ0v) is 9.62. The van der Waals surface area contributed by atoms with E-state index in [2.05, 4.69) is 5.32 Å². The van der Waals surface area contributed by atoms with Gasteiger partial charge in [-0.15, -0.1) is 0 Å². The fraction of sp³-hybridized carbons (Fsp3) is 0.222. The average Bonchev–Trinajstić information content (AvgIpc) is 2.14. The Morgan fingerprint density at radius 1 is 1.29 bits per heavy atom. The van der Waals surface area contributed by atoms with Crippen molar-refractivity contribution in [2.45, 2.75) is 6.18 Å². The smallest absolute Gasteiger partial charge is 0.416 e. The number of alkyl halides is 3. The second-order valence-corrected chi connectivity index (χ2v) is 3.87. The number of nitrogens with one attached hydrogen (secondary N) is 1. The maximum Gasteiger partial charge on any atom is 0.416 e. The van der Waals surface area contributed by atoms with Crippen LogP contribution in [-0.2, 0) is 11.0 Å². The molecule has 0 aliphatic carbocycles. The molecule has 0 amide bonds. The average molecular weight is 288 g/mol. The third kappa shape index (κ3) is 3.67. The van der Waals surface area contributed by atoms with Crippen LogP contribution in [0.1, 0.15) is 5.56 Å². The highest BCUT2D eigenvalue weighted by atomic mass is 35.5. The minimum atomic E-state index is -4.56. The Morgan fingerprint density at radius 3 is 2.12 bits per heavy atom. The lowest BCUT2D eigenvalue weighted by Crippen LogP contribution is -2.13. The van der Waals surface area contributed by atoms with Gasteiger partial charge in [0.25, 0.3) is 0 Å². The van der Waals surface area contributed by atoms with Gasteiger partial charge in [0.2, 0.25) is 0 Å². The predicted molar refractivity (Wildman–Crippen MR) is 57.6 cm³/mol. The molecule has 8 heteroatoms. The normalized spacial score (nSPS) is 11.4. The fourth-order valence-corrected chi connectivity index (χ4v) is 1.69. The van der Waals surface area contributed by atoms with E-state index in [1.54, 1.807) is 0 Å². The first-order valence-corrected chi connectivity index (χ1v) is 4.99. The first-order valence-electron chi connectivity index (χ1n) is 4.23. The summed E-state index contributed by atoms with van der Waals surface area (Å²) >= 11 is 11.2. The van der Waals surface area contributed by atoms with Gasteiger partial charge in [-0.1, -0.05) is 23.2 Å². The van der Waals surface area contributed by atoms with Crippen molar-refractivity contribution in [1.29, 1.82) is 0 Å². The zero-order valence-electron chi connectivity index (χ0n) is 8.11. The highest BCUT2D eigenvalue weighted by Gasteiger charge is 2.32. The van der Waals surface area contributed by atoms with Crippen LogP contribution in [0, 0.1) is 0 Å². The number of benzene rings is 1. The van der Waals surface area contributed by atoms with Gasteiger partial charge in [0.15, 0.2) is 0 Å². The van der Waals surface area contributed by atoms with Crippen LogP contribution < -0.4 is 5.32 Å². The van der Waals surface area contributed by atoms with E-state index in [0.29, 0.717) is 12.1 Å². The van der Waals surface area contributed by atoms with Crippen molar-refractivity contribution in [3.63, 3.8) is 0 Å². The van der Waals surface area contributed by atoms with E-state index in [1.807, 2.05) is 0 Å². The first kappa shape index (κ1) is 13.9. The van der Waals surface area contributed by atoms with Gasteiger partial charge in [-0.2, -0.15) is 13.2 Å². The summed E-state index contributed by atoms with van der Waals surface area (Å²) in [6, 6.07) is 1.36. The number of hydrogen-bond donors (Lipinski definition) is 2. The van der Waals surface area contributed by atoms with Gasteiger partial charge >= 0.3 is 12.1 Å². The van der Waals surface area contributed by atoms with Crippen molar-refractivity contribution >= 4 is 34.9 Å².